The average molecular weight is 432 g/mol. The molecule has 162 valence electrons. The van der Waals surface area contributed by atoms with Crippen LogP contribution in [0, 0.1) is 6.92 Å². The smallest absolute Gasteiger partial charge is 0.159 e. The van der Waals surface area contributed by atoms with Gasteiger partial charge in [-0.1, -0.05) is 42.0 Å². The van der Waals surface area contributed by atoms with Crippen molar-refractivity contribution < 1.29 is 23.1 Å². The lowest BCUT2D eigenvalue weighted by Gasteiger charge is -2.30. The minimum Gasteiger partial charge on any atom is -0.491 e. The van der Waals surface area contributed by atoms with E-state index in [-0.39, 0.29) is 29.9 Å². The summed E-state index contributed by atoms with van der Waals surface area (Å²) in [5.41, 5.74) is 2.79. The zero-order chi connectivity index (χ0) is 21.7. The highest BCUT2D eigenvalue weighted by molar-refractivity contribution is 7.91. The van der Waals surface area contributed by atoms with E-state index in [1.807, 2.05) is 36.1 Å². The van der Waals surface area contributed by atoms with Crippen LogP contribution >= 0.6 is 0 Å². The predicted molar refractivity (Wildman–Crippen MR) is 117 cm³/mol. The Kier molecular flexibility index (Phi) is 7.28. The third-order valence-electron chi connectivity index (χ3n) is 5.36. The first-order chi connectivity index (χ1) is 14.2. The zero-order valence-electron chi connectivity index (χ0n) is 17.5. The normalized spacial score (nSPS) is 19.0. The summed E-state index contributed by atoms with van der Waals surface area (Å²) in [6.45, 7) is 4.45. The molecule has 30 heavy (non-hydrogen) atoms. The van der Waals surface area contributed by atoms with E-state index < -0.39 is 15.9 Å². The lowest BCUT2D eigenvalue weighted by atomic mass is 10.1. The molecule has 1 aliphatic heterocycles. The summed E-state index contributed by atoms with van der Waals surface area (Å²) in [6.07, 6.45) is -0.220. The topological polar surface area (TPSA) is 83.9 Å². The molecule has 2 atom stereocenters. The van der Waals surface area contributed by atoms with Crippen molar-refractivity contribution in [2.24, 2.45) is 0 Å². The number of aliphatic hydroxyl groups is 1. The number of sulfone groups is 1. The largest absolute Gasteiger partial charge is 0.491 e. The second kappa shape index (κ2) is 9.73. The molecule has 0 radical (unpaired) electrons. The second-order valence-electron chi connectivity index (χ2n) is 8.02. The van der Waals surface area contributed by atoms with Crippen molar-refractivity contribution >= 4 is 15.6 Å². The number of ketones is 1. The first-order valence-electron chi connectivity index (χ1n) is 10.1. The van der Waals surface area contributed by atoms with Crippen LogP contribution in [-0.4, -0.2) is 61.0 Å². The number of aryl methyl sites for hydroxylation is 1. The van der Waals surface area contributed by atoms with Gasteiger partial charge in [0.05, 0.1) is 11.5 Å². The minimum atomic E-state index is -3.03. The molecule has 2 aromatic carbocycles. The van der Waals surface area contributed by atoms with Crippen LogP contribution in [-0.2, 0) is 16.4 Å². The molecule has 1 heterocycles. The fourth-order valence-corrected chi connectivity index (χ4v) is 5.42. The number of aliphatic hydroxyl groups excluding tert-OH is 1. The van der Waals surface area contributed by atoms with Gasteiger partial charge in [0.2, 0.25) is 0 Å². The van der Waals surface area contributed by atoms with Crippen molar-refractivity contribution in [3.05, 3.63) is 65.2 Å². The number of nitrogens with zero attached hydrogens (tertiary/aromatic N) is 1. The summed E-state index contributed by atoms with van der Waals surface area (Å²) in [7, 11) is -3.03. The predicted octanol–water partition coefficient (Wildman–Crippen LogP) is 2.63. The molecule has 3 rings (SSSR count). The van der Waals surface area contributed by atoms with Gasteiger partial charge in [-0.3, -0.25) is 9.69 Å². The highest BCUT2D eigenvalue weighted by atomic mass is 32.2. The van der Waals surface area contributed by atoms with E-state index in [4.69, 9.17) is 4.74 Å². The summed E-state index contributed by atoms with van der Waals surface area (Å²) in [6, 6.07) is 14.9. The standard InChI is InChI=1S/C23H29NO5S/c1-17-6-8-19(9-7-17)13-24(21-10-11-30(27,28)16-21)14-22(26)15-29-23-5-3-4-20(12-23)18(2)25/h3-9,12,21-22,26H,10-11,13-16H2,1-2H3. The molecule has 0 aliphatic carbocycles. The lowest BCUT2D eigenvalue weighted by molar-refractivity contribution is 0.0524. The molecule has 7 heteroatoms. The van der Waals surface area contributed by atoms with Crippen LogP contribution in [0.3, 0.4) is 0 Å². The van der Waals surface area contributed by atoms with Gasteiger partial charge < -0.3 is 9.84 Å². The monoisotopic (exact) mass is 431 g/mol. The van der Waals surface area contributed by atoms with Gasteiger partial charge in [-0.15, -0.1) is 0 Å². The molecule has 1 aliphatic rings. The molecule has 0 aromatic heterocycles. The quantitative estimate of drug-likeness (QED) is 0.615. The van der Waals surface area contributed by atoms with Crippen molar-refractivity contribution in [3.8, 4) is 5.75 Å². The lowest BCUT2D eigenvalue weighted by Crippen LogP contribution is -2.42. The summed E-state index contributed by atoms with van der Waals surface area (Å²) in [5, 5.41) is 10.6. The average Bonchev–Trinajstić information content (AvgIpc) is 3.07. The van der Waals surface area contributed by atoms with Gasteiger partial charge in [0.1, 0.15) is 18.5 Å². The molecule has 2 unspecified atom stereocenters. The Morgan fingerprint density at radius 3 is 2.60 bits per heavy atom. The van der Waals surface area contributed by atoms with Gasteiger partial charge in [0.15, 0.2) is 15.6 Å². The summed E-state index contributed by atoms with van der Waals surface area (Å²) in [5.74, 6) is 0.780. The Hall–Kier alpha value is -2.22. The minimum absolute atomic E-state index is 0.0484. The maximum atomic E-state index is 12.0. The fraction of sp³-hybridized carbons (Fsp3) is 0.435. The molecule has 0 spiro atoms. The number of hydrogen-bond acceptors (Lipinski definition) is 6. The third-order valence-corrected chi connectivity index (χ3v) is 7.11. The molecule has 0 amide bonds. The molecule has 6 nitrogen and oxygen atoms in total. The van der Waals surface area contributed by atoms with Crippen molar-refractivity contribution in [1.29, 1.82) is 0 Å². The summed E-state index contributed by atoms with van der Waals surface area (Å²) >= 11 is 0. The van der Waals surface area contributed by atoms with E-state index in [0.717, 1.165) is 11.1 Å². The van der Waals surface area contributed by atoms with Gasteiger partial charge in [-0.05, 0) is 38.0 Å². The Bertz CT molecular complexity index is 971. The van der Waals surface area contributed by atoms with Gasteiger partial charge in [0.25, 0.3) is 0 Å². The molecule has 1 saturated heterocycles. The number of rotatable bonds is 9. The number of ether oxygens (including phenoxy) is 1. The molecular formula is C23H29NO5S. The highest BCUT2D eigenvalue weighted by Crippen LogP contribution is 2.21. The Balaban J connectivity index is 1.65. The summed E-state index contributed by atoms with van der Waals surface area (Å²) < 4.78 is 29.7. The van der Waals surface area contributed by atoms with Gasteiger partial charge in [-0.2, -0.15) is 0 Å². The van der Waals surface area contributed by atoms with Crippen molar-refractivity contribution in [3.63, 3.8) is 0 Å². The van der Waals surface area contributed by atoms with E-state index in [9.17, 15) is 18.3 Å². The third kappa shape index (κ3) is 6.39. The van der Waals surface area contributed by atoms with Crippen LogP contribution in [0.4, 0.5) is 0 Å². The number of Topliss-reactive ketones (excluding diaryl/α,β-unsaturated/α-hetero) is 1. The van der Waals surface area contributed by atoms with Gasteiger partial charge in [-0.25, -0.2) is 8.42 Å². The molecule has 1 N–H and O–H groups in total. The Morgan fingerprint density at radius 1 is 1.23 bits per heavy atom. The van der Waals surface area contributed by atoms with E-state index in [1.165, 1.54) is 6.92 Å². The van der Waals surface area contributed by atoms with Crippen molar-refractivity contribution in [1.82, 2.24) is 4.90 Å². The number of hydrogen-bond donors (Lipinski definition) is 1. The van der Waals surface area contributed by atoms with E-state index in [1.54, 1.807) is 24.3 Å². The van der Waals surface area contributed by atoms with Crippen LogP contribution in [0.1, 0.15) is 34.8 Å². The number of benzene rings is 2. The maximum absolute atomic E-state index is 12.0. The Labute approximate surface area is 178 Å². The van der Waals surface area contributed by atoms with E-state index in [2.05, 4.69) is 0 Å². The summed E-state index contributed by atoms with van der Waals surface area (Å²) in [4.78, 5) is 13.6. The van der Waals surface area contributed by atoms with Crippen LogP contribution in [0.2, 0.25) is 0 Å². The number of carbonyl (C=O) groups is 1. The first kappa shape index (κ1) is 22.5. The van der Waals surface area contributed by atoms with Crippen molar-refractivity contribution in [2.75, 3.05) is 24.7 Å². The van der Waals surface area contributed by atoms with Crippen molar-refractivity contribution in [2.45, 2.75) is 39.0 Å². The fourth-order valence-electron chi connectivity index (χ4n) is 3.65. The Morgan fingerprint density at radius 2 is 1.97 bits per heavy atom. The van der Waals surface area contributed by atoms with Crippen LogP contribution in [0.5, 0.6) is 5.75 Å². The van der Waals surface area contributed by atoms with E-state index >= 15 is 0 Å². The molecular weight excluding hydrogens is 402 g/mol. The number of carbonyl (C=O) groups excluding carboxylic acids is 1. The van der Waals surface area contributed by atoms with Crippen LogP contribution in [0.25, 0.3) is 0 Å². The second-order valence-corrected chi connectivity index (χ2v) is 10.2. The highest BCUT2D eigenvalue weighted by Gasteiger charge is 2.33. The molecule has 0 saturated carbocycles. The zero-order valence-corrected chi connectivity index (χ0v) is 18.3. The van der Waals surface area contributed by atoms with Gasteiger partial charge in [0, 0.05) is 24.7 Å². The molecule has 0 bridgehead atoms. The van der Waals surface area contributed by atoms with Crippen LogP contribution in [0.15, 0.2) is 48.5 Å². The first-order valence-corrected chi connectivity index (χ1v) is 12.0. The molecule has 1 fully saturated rings. The van der Waals surface area contributed by atoms with Crippen LogP contribution < -0.4 is 4.74 Å². The molecule has 2 aromatic rings. The van der Waals surface area contributed by atoms with E-state index in [0.29, 0.717) is 30.8 Å². The SMILES string of the molecule is CC(=O)c1cccc(OCC(O)CN(Cc2ccc(C)cc2)C2CCS(=O)(=O)C2)c1. The van der Waals surface area contributed by atoms with Gasteiger partial charge >= 0.3 is 0 Å². The maximum Gasteiger partial charge on any atom is 0.159 e.